The first kappa shape index (κ1) is 14.7. The highest BCUT2D eigenvalue weighted by atomic mass is 16.5. The van der Waals surface area contributed by atoms with E-state index in [9.17, 15) is 0 Å². The molecular formula is C15H22N2O3. The molecule has 0 saturated heterocycles. The van der Waals surface area contributed by atoms with Crippen LogP contribution in [0.4, 0.5) is 0 Å². The van der Waals surface area contributed by atoms with Gasteiger partial charge in [-0.15, -0.1) is 0 Å². The SMILES string of the molecule is COC1CCCC(Oc2cc(C)ccc2C(N)=NO)C1. The van der Waals surface area contributed by atoms with Crippen molar-refractivity contribution >= 4 is 5.84 Å². The zero-order valence-electron chi connectivity index (χ0n) is 12.0. The van der Waals surface area contributed by atoms with Crippen LogP contribution in [0.1, 0.15) is 36.8 Å². The third-order valence-corrected chi connectivity index (χ3v) is 3.73. The van der Waals surface area contributed by atoms with E-state index in [0.717, 1.165) is 31.2 Å². The van der Waals surface area contributed by atoms with Gasteiger partial charge in [-0.25, -0.2) is 0 Å². The smallest absolute Gasteiger partial charge is 0.173 e. The predicted molar refractivity (Wildman–Crippen MR) is 77.4 cm³/mol. The third-order valence-electron chi connectivity index (χ3n) is 3.73. The van der Waals surface area contributed by atoms with Gasteiger partial charge in [0.25, 0.3) is 0 Å². The molecule has 0 aliphatic heterocycles. The Morgan fingerprint density at radius 1 is 1.35 bits per heavy atom. The van der Waals surface area contributed by atoms with E-state index in [1.165, 1.54) is 0 Å². The quantitative estimate of drug-likeness (QED) is 0.384. The first-order valence-corrected chi connectivity index (χ1v) is 6.92. The maximum atomic E-state index is 8.86. The van der Waals surface area contributed by atoms with Crippen LogP contribution in [0.5, 0.6) is 5.75 Å². The number of nitrogens with zero attached hydrogens (tertiary/aromatic N) is 1. The van der Waals surface area contributed by atoms with Crippen molar-refractivity contribution in [3.63, 3.8) is 0 Å². The van der Waals surface area contributed by atoms with E-state index in [0.29, 0.717) is 11.3 Å². The molecule has 1 aliphatic rings. The molecule has 2 rings (SSSR count). The lowest BCUT2D eigenvalue weighted by Crippen LogP contribution is -2.30. The summed E-state index contributed by atoms with van der Waals surface area (Å²) in [7, 11) is 1.74. The van der Waals surface area contributed by atoms with E-state index < -0.39 is 0 Å². The average molecular weight is 278 g/mol. The molecule has 1 aliphatic carbocycles. The lowest BCUT2D eigenvalue weighted by atomic mass is 9.94. The summed E-state index contributed by atoms with van der Waals surface area (Å²) in [4.78, 5) is 0. The normalized spacial score (nSPS) is 23.6. The molecule has 1 aromatic rings. The standard InChI is InChI=1S/C15H22N2O3/c1-10-6-7-13(15(16)17-18)14(8-10)20-12-5-3-4-11(9-12)19-2/h6-8,11-12,18H,3-5,9H2,1-2H3,(H2,16,17). The minimum Gasteiger partial charge on any atom is -0.490 e. The molecule has 1 saturated carbocycles. The molecule has 1 fully saturated rings. The highest BCUT2D eigenvalue weighted by molar-refractivity contribution is 5.99. The van der Waals surface area contributed by atoms with Crippen molar-refractivity contribution in [1.29, 1.82) is 0 Å². The molecular weight excluding hydrogens is 256 g/mol. The van der Waals surface area contributed by atoms with Crippen molar-refractivity contribution in [3.8, 4) is 5.75 Å². The summed E-state index contributed by atoms with van der Waals surface area (Å²) in [5.41, 5.74) is 7.40. The van der Waals surface area contributed by atoms with Crippen molar-refractivity contribution in [2.45, 2.75) is 44.8 Å². The number of benzene rings is 1. The summed E-state index contributed by atoms with van der Waals surface area (Å²) >= 11 is 0. The topological polar surface area (TPSA) is 77.1 Å². The van der Waals surface area contributed by atoms with Gasteiger partial charge in [0.05, 0.1) is 11.7 Å². The maximum Gasteiger partial charge on any atom is 0.173 e. The van der Waals surface area contributed by atoms with Gasteiger partial charge in [0.2, 0.25) is 0 Å². The van der Waals surface area contributed by atoms with Gasteiger partial charge in [-0.05, 0) is 43.9 Å². The van der Waals surface area contributed by atoms with Crippen molar-refractivity contribution in [2.75, 3.05) is 7.11 Å². The highest BCUT2D eigenvalue weighted by Gasteiger charge is 2.24. The molecule has 2 atom stereocenters. The maximum absolute atomic E-state index is 8.86. The Labute approximate surface area is 119 Å². The van der Waals surface area contributed by atoms with Gasteiger partial charge < -0.3 is 20.4 Å². The molecule has 0 radical (unpaired) electrons. The van der Waals surface area contributed by atoms with Gasteiger partial charge in [-0.2, -0.15) is 0 Å². The number of rotatable bonds is 4. The zero-order valence-corrected chi connectivity index (χ0v) is 12.0. The van der Waals surface area contributed by atoms with Crippen LogP contribution in [0.25, 0.3) is 0 Å². The van der Waals surface area contributed by atoms with Gasteiger partial charge in [0.1, 0.15) is 11.9 Å². The summed E-state index contributed by atoms with van der Waals surface area (Å²) in [6, 6.07) is 5.65. The molecule has 5 heteroatoms. The molecule has 0 aromatic heterocycles. The minimum atomic E-state index is 0.0686. The first-order valence-electron chi connectivity index (χ1n) is 6.92. The van der Waals surface area contributed by atoms with Crippen molar-refractivity contribution in [2.24, 2.45) is 10.9 Å². The Morgan fingerprint density at radius 3 is 2.80 bits per heavy atom. The fourth-order valence-corrected chi connectivity index (χ4v) is 2.60. The average Bonchev–Trinajstić information content (AvgIpc) is 2.47. The van der Waals surface area contributed by atoms with Gasteiger partial charge in [-0.1, -0.05) is 11.2 Å². The molecule has 1 aromatic carbocycles. The minimum absolute atomic E-state index is 0.0686. The lowest BCUT2D eigenvalue weighted by Gasteiger charge is -2.29. The Hall–Kier alpha value is -1.75. The van der Waals surface area contributed by atoms with Gasteiger partial charge in [-0.3, -0.25) is 0 Å². The van der Waals surface area contributed by atoms with Gasteiger partial charge >= 0.3 is 0 Å². The van der Waals surface area contributed by atoms with Crippen molar-refractivity contribution < 1.29 is 14.7 Å². The van der Waals surface area contributed by atoms with Gasteiger partial charge in [0, 0.05) is 13.5 Å². The second kappa shape index (κ2) is 6.61. The molecule has 0 heterocycles. The number of ether oxygens (including phenoxy) is 2. The monoisotopic (exact) mass is 278 g/mol. The summed E-state index contributed by atoms with van der Waals surface area (Å²) in [5, 5.41) is 11.9. The van der Waals surface area contributed by atoms with E-state index >= 15 is 0 Å². The van der Waals surface area contributed by atoms with Crippen molar-refractivity contribution in [3.05, 3.63) is 29.3 Å². The number of nitrogens with two attached hydrogens (primary N) is 1. The lowest BCUT2D eigenvalue weighted by molar-refractivity contribution is 0.0209. The van der Waals surface area contributed by atoms with Crippen LogP contribution in [0.15, 0.2) is 23.4 Å². The van der Waals surface area contributed by atoms with Crippen LogP contribution >= 0.6 is 0 Å². The second-order valence-electron chi connectivity index (χ2n) is 5.25. The molecule has 110 valence electrons. The molecule has 2 unspecified atom stereocenters. The summed E-state index contributed by atoms with van der Waals surface area (Å²) in [5.74, 6) is 0.737. The number of aryl methyl sites for hydroxylation is 1. The summed E-state index contributed by atoms with van der Waals surface area (Å²) in [6.07, 6.45) is 4.42. The highest BCUT2D eigenvalue weighted by Crippen LogP contribution is 2.28. The van der Waals surface area contributed by atoms with Crippen LogP contribution < -0.4 is 10.5 Å². The van der Waals surface area contributed by atoms with Gasteiger partial charge in [0.15, 0.2) is 5.84 Å². The number of oxime groups is 1. The predicted octanol–water partition coefficient (Wildman–Crippen LogP) is 2.43. The summed E-state index contributed by atoms with van der Waals surface area (Å²) < 4.78 is 11.5. The fraction of sp³-hybridized carbons (Fsp3) is 0.533. The van der Waals surface area contributed by atoms with Crippen LogP contribution in [0, 0.1) is 6.92 Å². The number of hydrogen-bond acceptors (Lipinski definition) is 4. The van der Waals surface area contributed by atoms with Crippen LogP contribution in [-0.2, 0) is 4.74 Å². The Balaban J connectivity index is 2.17. The first-order chi connectivity index (χ1) is 9.63. The molecule has 0 spiro atoms. The van der Waals surface area contributed by atoms with E-state index in [4.69, 9.17) is 20.4 Å². The van der Waals surface area contributed by atoms with Crippen LogP contribution in [0.2, 0.25) is 0 Å². The Kier molecular flexibility index (Phi) is 4.84. The second-order valence-corrected chi connectivity index (χ2v) is 5.25. The summed E-state index contributed by atoms with van der Waals surface area (Å²) in [6.45, 7) is 1.99. The molecule has 3 N–H and O–H groups in total. The van der Waals surface area contributed by atoms with E-state index in [2.05, 4.69) is 5.16 Å². The largest absolute Gasteiger partial charge is 0.490 e. The molecule has 20 heavy (non-hydrogen) atoms. The number of methoxy groups -OCH3 is 1. The van der Waals surface area contributed by atoms with Crippen molar-refractivity contribution in [1.82, 2.24) is 0 Å². The van der Waals surface area contributed by atoms with E-state index in [1.807, 2.05) is 25.1 Å². The number of amidine groups is 1. The Morgan fingerprint density at radius 2 is 2.10 bits per heavy atom. The zero-order chi connectivity index (χ0) is 14.5. The third kappa shape index (κ3) is 3.42. The van der Waals surface area contributed by atoms with Crippen LogP contribution in [0.3, 0.4) is 0 Å². The number of hydrogen-bond donors (Lipinski definition) is 2. The Bertz CT molecular complexity index is 488. The molecule has 5 nitrogen and oxygen atoms in total. The van der Waals surface area contributed by atoms with E-state index in [-0.39, 0.29) is 18.0 Å². The molecule has 0 bridgehead atoms. The van der Waals surface area contributed by atoms with E-state index in [1.54, 1.807) is 7.11 Å². The fourth-order valence-electron chi connectivity index (χ4n) is 2.60. The van der Waals surface area contributed by atoms with Crippen LogP contribution in [-0.4, -0.2) is 30.4 Å². The molecule has 0 amide bonds.